The number of rotatable bonds is 5. The van der Waals surface area contributed by atoms with Crippen LogP contribution in [0.4, 0.5) is 8.78 Å². The maximum atomic E-state index is 13.6. The summed E-state index contributed by atoms with van der Waals surface area (Å²) in [6.45, 7) is 0.177. The molecule has 0 N–H and O–H groups in total. The van der Waals surface area contributed by atoms with E-state index in [1.807, 2.05) is 0 Å². The van der Waals surface area contributed by atoms with E-state index in [0.717, 1.165) is 29.5 Å². The molecule has 26 heavy (non-hydrogen) atoms. The summed E-state index contributed by atoms with van der Waals surface area (Å²) in [5.74, 6) is -1.61. The quantitative estimate of drug-likeness (QED) is 0.704. The van der Waals surface area contributed by atoms with Crippen LogP contribution in [0.15, 0.2) is 28.5 Å². The van der Waals surface area contributed by atoms with Crippen LogP contribution in [0, 0.1) is 11.6 Å². The summed E-state index contributed by atoms with van der Waals surface area (Å²) in [6, 6.07) is 4.15. The van der Waals surface area contributed by atoms with Crippen LogP contribution in [-0.2, 0) is 14.8 Å². The van der Waals surface area contributed by atoms with Gasteiger partial charge in [-0.05, 0) is 18.2 Å². The molecule has 1 saturated heterocycles. The lowest BCUT2D eigenvalue weighted by Crippen LogP contribution is -2.47. The molecular weight excluding hydrogens is 431 g/mol. The minimum atomic E-state index is -3.78. The molecule has 0 spiro atoms. The Kier molecular flexibility index (Phi) is 6.05. The normalized spacial score (nSPS) is 18.8. The molecule has 1 aromatic heterocycles. The number of ether oxygens (including phenoxy) is 2. The van der Waals surface area contributed by atoms with Crippen LogP contribution < -0.4 is 4.74 Å². The first-order valence-electron chi connectivity index (χ1n) is 7.42. The predicted molar refractivity (Wildman–Crippen MR) is 94.7 cm³/mol. The number of thiophene rings is 1. The molecule has 1 atom stereocenters. The van der Waals surface area contributed by atoms with Crippen molar-refractivity contribution >= 4 is 44.6 Å². The second-order valence-electron chi connectivity index (χ2n) is 5.43. The molecule has 1 aliphatic heterocycles. The zero-order valence-electron chi connectivity index (χ0n) is 13.1. The van der Waals surface area contributed by atoms with E-state index in [1.54, 1.807) is 0 Å². The Labute approximate surface area is 163 Å². The van der Waals surface area contributed by atoms with E-state index in [9.17, 15) is 17.2 Å². The van der Waals surface area contributed by atoms with Gasteiger partial charge in [0.05, 0.1) is 11.6 Å². The Hall–Kier alpha value is -0.970. The van der Waals surface area contributed by atoms with E-state index in [4.69, 9.17) is 32.7 Å². The van der Waals surface area contributed by atoms with Crippen LogP contribution in [0.3, 0.4) is 0 Å². The molecule has 11 heteroatoms. The molecule has 1 unspecified atom stereocenters. The van der Waals surface area contributed by atoms with Gasteiger partial charge >= 0.3 is 0 Å². The number of halogens is 4. The van der Waals surface area contributed by atoms with Crippen molar-refractivity contribution in [3.63, 3.8) is 0 Å². The summed E-state index contributed by atoms with van der Waals surface area (Å²) in [6.07, 6.45) is -0.632. The molecule has 2 aromatic rings. The second kappa shape index (κ2) is 7.95. The number of hydrogen-bond acceptors (Lipinski definition) is 5. The second-order valence-corrected chi connectivity index (χ2v) is 9.65. The molecule has 5 nitrogen and oxygen atoms in total. The third-order valence-electron chi connectivity index (χ3n) is 3.64. The maximum Gasteiger partial charge on any atom is 0.252 e. The molecule has 1 fully saturated rings. The molecule has 142 valence electrons. The molecule has 0 radical (unpaired) electrons. The van der Waals surface area contributed by atoms with Crippen LogP contribution in [0.25, 0.3) is 0 Å². The Morgan fingerprint density at radius 1 is 1.31 bits per heavy atom. The minimum absolute atomic E-state index is 0.00636. The van der Waals surface area contributed by atoms with E-state index in [-0.39, 0.29) is 45.6 Å². The summed E-state index contributed by atoms with van der Waals surface area (Å²) >= 11 is 12.5. The van der Waals surface area contributed by atoms with E-state index in [2.05, 4.69) is 0 Å². The first kappa shape index (κ1) is 19.8. The highest BCUT2D eigenvalue weighted by atomic mass is 35.5. The Morgan fingerprint density at radius 3 is 2.77 bits per heavy atom. The van der Waals surface area contributed by atoms with Gasteiger partial charge in [-0.2, -0.15) is 4.31 Å². The van der Waals surface area contributed by atoms with Crippen molar-refractivity contribution < 1.29 is 26.7 Å². The van der Waals surface area contributed by atoms with Crippen LogP contribution >= 0.6 is 34.5 Å². The zero-order chi connectivity index (χ0) is 18.9. The number of hydrogen-bond donors (Lipinski definition) is 0. The number of benzene rings is 1. The lowest BCUT2D eigenvalue weighted by molar-refractivity contribution is -0.0255. The van der Waals surface area contributed by atoms with Crippen LogP contribution in [-0.4, -0.2) is 45.1 Å². The fourth-order valence-electron chi connectivity index (χ4n) is 2.36. The lowest BCUT2D eigenvalue weighted by Gasteiger charge is -2.31. The largest absolute Gasteiger partial charge is 0.488 e. The molecule has 3 rings (SSSR count). The highest BCUT2D eigenvalue weighted by Crippen LogP contribution is 2.36. The summed E-state index contributed by atoms with van der Waals surface area (Å²) in [5, 5.41) is 0.171. The molecule has 0 saturated carbocycles. The minimum Gasteiger partial charge on any atom is -0.488 e. The van der Waals surface area contributed by atoms with Crippen molar-refractivity contribution in [2.24, 2.45) is 0 Å². The highest BCUT2D eigenvalue weighted by molar-refractivity contribution is 7.91. The van der Waals surface area contributed by atoms with Gasteiger partial charge in [0, 0.05) is 19.2 Å². The van der Waals surface area contributed by atoms with Gasteiger partial charge in [-0.15, -0.1) is 11.3 Å². The van der Waals surface area contributed by atoms with Crippen molar-refractivity contribution in [3.05, 3.63) is 45.3 Å². The van der Waals surface area contributed by atoms with Crippen LogP contribution in [0.2, 0.25) is 9.36 Å². The summed E-state index contributed by atoms with van der Waals surface area (Å²) < 4.78 is 64.3. The standard InChI is InChI=1S/C15H13Cl2F2NO4S2/c16-11-6-14(25-15(11)17)26(21,22)20-3-4-23-10(7-20)8-24-13-5-9(18)1-2-12(13)19/h1-2,5-6,10H,3-4,7-8H2. The van der Waals surface area contributed by atoms with Gasteiger partial charge < -0.3 is 9.47 Å². The van der Waals surface area contributed by atoms with Crippen molar-refractivity contribution in [2.45, 2.75) is 10.3 Å². The average Bonchev–Trinajstić information content (AvgIpc) is 2.96. The van der Waals surface area contributed by atoms with Crippen molar-refractivity contribution in [1.29, 1.82) is 0 Å². The molecule has 1 aromatic carbocycles. The van der Waals surface area contributed by atoms with Crippen LogP contribution in [0.1, 0.15) is 0 Å². The fraction of sp³-hybridized carbons (Fsp3) is 0.333. The fourth-order valence-corrected chi connectivity index (χ4v) is 5.85. The van der Waals surface area contributed by atoms with Crippen molar-refractivity contribution in [1.82, 2.24) is 4.31 Å². The Balaban J connectivity index is 1.68. The maximum absolute atomic E-state index is 13.6. The smallest absolute Gasteiger partial charge is 0.252 e. The van der Waals surface area contributed by atoms with Gasteiger partial charge in [-0.3, -0.25) is 0 Å². The Bertz CT molecular complexity index is 888. The van der Waals surface area contributed by atoms with Crippen LogP contribution in [0.5, 0.6) is 5.75 Å². The Morgan fingerprint density at radius 2 is 2.08 bits per heavy atom. The van der Waals surface area contributed by atoms with Crippen molar-refractivity contribution in [2.75, 3.05) is 26.3 Å². The van der Waals surface area contributed by atoms with E-state index < -0.39 is 27.8 Å². The molecule has 2 heterocycles. The van der Waals surface area contributed by atoms with E-state index >= 15 is 0 Å². The molecular formula is C15H13Cl2F2NO4S2. The topological polar surface area (TPSA) is 55.8 Å². The van der Waals surface area contributed by atoms with Gasteiger partial charge in [0.2, 0.25) is 0 Å². The molecule has 0 aliphatic carbocycles. The SMILES string of the molecule is O=S(=O)(c1cc(Cl)c(Cl)s1)N1CCOC(COc2cc(F)ccc2F)C1. The van der Waals surface area contributed by atoms with Gasteiger partial charge in [-0.25, -0.2) is 17.2 Å². The molecule has 0 bridgehead atoms. The average molecular weight is 444 g/mol. The van der Waals surface area contributed by atoms with Crippen molar-refractivity contribution in [3.8, 4) is 5.75 Å². The van der Waals surface area contributed by atoms with Gasteiger partial charge in [-0.1, -0.05) is 23.2 Å². The summed E-state index contributed by atoms with van der Waals surface area (Å²) in [7, 11) is -3.78. The van der Waals surface area contributed by atoms with Gasteiger partial charge in [0.15, 0.2) is 11.6 Å². The van der Waals surface area contributed by atoms with E-state index in [1.165, 1.54) is 10.4 Å². The summed E-state index contributed by atoms with van der Waals surface area (Å²) in [4.78, 5) is 0. The first-order chi connectivity index (χ1) is 12.3. The molecule has 0 amide bonds. The van der Waals surface area contributed by atoms with Gasteiger partial charge in [0.25, 0.3) is 10.0 Å². The number of nitrogens with zero attached hydrogens (tertiary/aromatic N) is 1. The first-order valence-corrected chi connectivity index (χ1v) is 10.4. The van der Waals surface area contributed by atoms with E-state index in [0.29, 0.717) is 0 Å². The van der Waals surface area contributed by atoms with Gasteiger partial charge in [0.1, 0.15) is 27.1 Å². The predicted octanol–water partition coefficient (Wildman–Crippen LogP) is 3.80. The third kappa shape index (κ3) is 4.29. The molecule has 1 aliphatic rings. The third-order valence-corrected chi connectivity index (χ3v) is 7.82. The number of sulfonamides is 1. The summed E-state index contributed by atoms with van der Waals surface area (Å²) in [5.41, 5.74) is 0. The zero-order valence-corrected chi connectivity index (χ0v) is 16.3. The number of morpholine rings is 1. The lowest BCUT2D eigenvalue weighted by atomic mass is 10.3. The highest BCUT2D eigenvalue weighted by Gasteiger charge is 2.33. The monoisotopic (exact) mass is 443 g/mol.